The fraction of sp³-hybridized carbons (Fsp3) is 0.615. The zero-order valence-electron chi connectivity index (χ0n) is 12.4. The van der Waals surface area contributed by atoms with Gasteiger partial charge in [0.25, 0.3) is 0 Å². The zero-order valence-corrected chi connectivity index (χ0v) is 12.4. The van der Waals surface area contributed by atoms with E-state index >= 15 is 0 Å². The highest BCUT2D eigenvalue weighted by Gasteiger charge is 2.34. The Morgan fingerprint density at radius 1 is 1.23 bits per heavy atom. The molecule has 1 aliphatic rings. The molecule has 0 radical (unpaired) electrons. The van der Waals surface area contributed by atoms with Crippen molar-refractivity contribution < 1.29 is 24.0 Å². The Morgan fingerprint density at radius 3 is 2.50 bits per heavy atom. The standard InChI is InChI=1S/C13H20N4O5/c1-9-6-12(21)17(13(9)22)5-4-16-10(19)2-3-15-11(20)7-14-8-18/h8-9H,2-7H2,1H3,(H,14,18)(H,15,20)(H,16,19). The average Bonchev–Trinajstić information content (AvgIpc) is 2.71. The Kier molecular flexibility index (Phi) is 7.00. The average molecular weight is 312 g/mol. The molecule has 0 aromatic rings. The molecular formula is C13H20N4O5. The van der Waals surface area contributed by atoms with Gasteiger partial charge in [-0.3, -0.25) is 28.9 Å². The molecule has 22 heavy (non-hydrogen) atoms. The third-order valence-corrected chi connectivity index (χ3v) is 3.15. The molecule has 122 valence electrons. The molecular weight excluding hydrogens is 292 g/mol. The van der Waals surface area contributed by atoms with Gasteiger partial charge in [0.15, 0.2) is 0 Å². The normalized spacial score (nSPS) is 17.3. The van der Waals surface area contributed by atoms with E-state index in [9.17, 15) is 24.0 Å². The first-order valence-corrected chi connectivity index (χ1v) is 7.00. The molecule has 1 atom stereocenters. The maximum absolute atomic E-state index is 11.6. The smallest absolute Gasteiger partial charge is 0.239 e. The maximum atomic E-state index is 11.6. The van der Waals surface area contributed by atoms with Gasteiger partial charge < -0.3 is 16.0 Å². The molecule has 5 amide bonds. The van der Waals surface area contributed by atoms with Crippen LogP contribution in [0, 0.1) is 5.92 Å². The van der Waals surface area contributed by atoms with Crippen molar-refractivity contribution >= 4 is 30.0 Å². The van der Waals surface area contributed by atoms with Crippen LogP contribution in [0.2, 0.25) is 0 Å². The number of hydrogen-bond acceptors (Lipinski definition) is 5. The van der Waals surface area contributed by atoms with Crippen LogP contribution in [0.5, 0.6) is 0 Å². The van der Waals surface area contributed by atoms with Crippen molar-refractivity contribution in [3.8, 4) is 0 Å². The number of carbonyl (C=O) groups is 5. The fourth-order valence-corrected chi connectivity index (χ4v) is 1.99. The number of nitrogens with one attached hydrogen (secondary N) is 3. The summed E-state index contributed by atoms with van der Waals surface area (Å²) in [5.74, 6) is -1.41. The second-order valence-electron chi connectivity index (χ2n) is 4.94. The molecule has 3 N–H and O–H groups in total. The summed E-state index contributed by atoms with van der Waals surface area (Å²) >= 11 is 0. The Hall–Kier alpha value is -2.45. The number of amides is 5. The molecule has 0 aromatic carbocycles. The maximum Gasteiger partial charge on any atom is 0.239 e. The first-order chi connectivity index (χ1) is 10.5. The summed E-state index contributed by atoms with van der Waals surface area (Å²) in [6, 6.07) is 0. The van der Waals surface area contributed by atoms with E-state index in [2.05, 4.69) is 16.0 Å². The van der Waals surface area contributed by atoms with Gasteiger partial charge in [-0.1, -0.05) is 6.92 Å². The van der Waals surface area contributed by atoms with Gasteiger partial charge in [-0.2, -0.15) is 0 Å². The molecule has 9 nitrogen and oxygen atoms in total. The van der Waals surface area contributed by atoms with Gasteiger partial charge in [0.1, 0.15) is 0 Å². The van der Waals surface area contributed by atoms with Crippen LogP contribution in [-0.4, -0.2) is 61.1 Å². The number of nitrogens with zero attached hydrogens (tertiary/aromatic N) is 1. The lowest BCUT2D eigenvalue weighted by Gasteiger charge is -2.14. The number of imide groups is 1. The molecule has 9 heteroatoms. The minimum atomic E-state index is -0.387. The van der Waals surface area contributed by atoms with Crippen LogP contribution in [-0.2, 0) is 24.0 Å². The molecule has 0 bridgehead atoms. The quantitative estimate of drug-likeness (QED) is 0.328. The Labute approximate surface area is 127 Å². The first-order valence-electron chi connectivity index (χ1n) is 7.00. The van der Waals surface area contributed by atoms with Crippen LogP contribution in [0.4, 0.5) is 0 Å². The van der Waals surface area contributed by atoms with Crippen LogP contribution < -0.4 is 16.0 Å². The van der Waals surface area contributed by atoms with E-state index in [0.717, 1.165) is 4.90 Å². The van der Waals surface area contributed by atoms with Crippen LogP contribution in [0.1, 0.15) is 19.8 Å². The first kappa shape index (κ1) is 17.6. The van der Waals surface area contributed by atoms with Crippen LogP contribution in [0.3, 0.4) is 0 Å². The Morgan fingerprint density at radius 2 is 1.91 bits per heavy atom. The minimum absolute atomic E-state index is 0.0745. The SMILES string of the molecule is CC1CC(=O)N(CCNC(=O)CCNC(=O)CNC=O)C1=O. The van der Waals surface area contributed by atoms with Crippen molar-refractivity contribution in [3.05, 3.63) is 0 Å². The molecule has 1 fully saturated rings. The predicted molar refractivity (Wildman–Crippen MR) is 75.2 cm³/mol. The van der Waals surface area contributed by atoms with Gasteiger partial charge in [0.2, 0.25) is 30.0 Å². The van der Waals surface area contributed by atoms with Gasteiger partial charge in [0, 0.05) is 38.4 Å². The van der Waals surface area contributed by atoms with E-state index in [4.69, 9.17) is 0 Å². The van der Waals surface area contributed by atoms with Gasteiger partial charge >= 0.3 is 0 Å². The van der Waals surface area contributed by atoms with E-state index in [1.54, 1.807) is 6.92 Å². The van der Waals surface area contributed by atoms with E-state index in [0.29, 0.717) is 6.41 Å². The second kappa shape index (κ2) is 8.75. The van der Waals surface area contributed by atoms with Crippen LogP contribution >= 0.6 is 0 Å². The molecule has 1 saturated heterocycles. The molecule has 0 saturated carbocycles. The van der Waals surface area contributed by atoms with Crippen molar-refractivity contribution in [2.24, 2.45) is 5.92 Å². The molecule has 1 rings (SSSR count). The number of hydrogen-bond donors (Lipinski definition) is 3. The van der Waals surface area contributed by atoms with Crippen molar-refractivity contribution in [1.82, 2.24) is 20.9 Å². The largest absolute Gasteiger partial charge is 0.354 e. The number of rotatable bonds is 9. The molecule has 1 aliphatic heterocycles. The monoisotopic (exact) mass is 312 g/mol. The lowest BCUT2D eigenvalue weighted by Crippen LogP contribution is -2.39. The summed E-state index contributed by atoms with van der Waals surface area (Å²) in [6.45, 7) is 2.04. The highest BCUT2D eigenvalue weighted by Crippen LogP contribution is 2.17. The van der Waals surface area contributed by atoms with Crippen molar-refractivity contribution in [3.63, 3.8) is 0 Å². The van der Waals surface area contributed by atoms with Crippen molar-refractivity contribution in [2.75, 3.05) is 26.2 Å². The molecule has 0 aromatic heterocycles. The van der Waals surface area contributed by atoms with Gasteiger partial charge in [-0.25, -0.2) is 0 Å². The minimum Gasteiger partial charge on any atom is -0.354 e. The highest BCUT2D eigenvalue weighted by molar-refractivity contribution is 6.03. The van der Waals surface area contributed by atoms with Crippen LogP contribution in [0.15, 0.2) is 0 Å². The number of carbonyl (C=O) groups excluding carboxylic acids is 5. The van der Waals surface area contributed by atoms with Crippen LogP contribution in [0.25, 0.3) is 0 Å². The number of likely N-dealkylation sites (tertiary alicyclic amines) is 1. The third kappa shape index (κ3) is 5.51. The summed E-state index contributed by atoms with van der Waals surface area (Å²) < 4.78 is 0. The van der Waals surface area contributed by atoms with Gasteiger partial charge in [-0.15, -0.1) is 0 Å². The van der Waals surface area contributed by atoms with E-state index in [1.165, 1.54) is 0 Å². The highest BCUT2D eigenvalue weighted by atomic mass is 16.2. The molecule has 0 aliphatic carbocycles. The van der Waals surface area contributed by atoms with Gasteiger partial charge in [0.05, 0.1) is 6.54 Å². The fourth-order valence-electron chi connectivity index (χ4n) is 1.99. The van der Waals surface area contributed by atoms with Crippen molar-refractivity contribution in [2.45, 2.75) is 19.8 Å². The van der Waals surface area contributed by atoms with Crippen molar-refractivity contribution in [1.29, 1.82) is 0 Å². The summed E-state index contributed by atoms with van der Waals surface area (Å²) in [7, 11) is 0. The predicted octanol–water partition coefficient (Wildman–Crippen LogP) is -2.25. The Balaban J connectivity index is 2.13. The molecule has 1 unspecified atom stereocenters. The second-order valence-corrected chi connectivity index (χ2v) is 4.94. The van der Waals surface area contributed by atoms with Gasteiger partial charge in [-0.05, 0) is 0 Å². The Bertz CT molecular complexity index is 465. The van der Waals surface area contributed by atoms with E-state index < -0.39 is 0 Å². The summed E-state index contributed by atoms with van der Waals surface area (Å²) in [4.78, 5) is 56.9. The third-order valence-electron chi connectivity index (χ3n) is 3.15. The summed E-state index contributed by atoms with van der Waals surface area (Å²) in [5, 5.41) is 7.24. The van der Waals surface area contributed by atoms with E-state index in [1.807, 2.05) is 0 Å². The molecule has 0 spiro atoms. The summed E-state index contributed by atoms with van der Waals surface area (Å²) in [6.07, 6.45) is 0.701. The lowest BCUT2D eigenvalue weighted by molar-refractivity contribution is -0.139. The summed E-state index contributed by atoms with van der Waals surface area (Å²) in [5.41, 5.74) is 0. The van der Waals surface area contributed by atoms with E-state index in [-0.39, 0.29) is 68.6 Å². The molecule has 1 heterocycles. The lowest BCUT2D eigenvalue weighted by atomic mass is 10.1. The topological polar surface area (TPSA) is 125 Å². The zero-order chi connectivity index (χ0) is 16.5.